The van der Waals surface area contributed by atoms with Gasteiger partial charge in [0.1, 0.15) is 6.54 Å². The largest absolute Gasteiger partial charge is 0.420 e. The van der Waals surface area contributed by atoms with Gasteiger partial charge in [0.25, 0.3) is 0 Å². The lowest BCUT2D eigenvalue weighted by Crippen LogP contribution is -2.35. The zero-order chi connectivity index (χ0) is 22.2. The zero-order valence-electron chi connectivity index (χ0n) is 17.6. The number of benzene rings is 2. The van der Waals surface area contributed by atoms with Gasteiger partial charge in [-0.15, -0.1) is 0 Å². The highest BCUT2D eigenvalue weighted by atomic mass is 32.2. The van der Waals surface area contributed by atoms with Crippen LogP contribution in [0.1, 0.15) is 25.3 Å². The molecular weight excluding hydrogens is 418 g/mol. The van der Waals surface area contributed by atoms with Crippen LogP contribution in [0.4, 0.5) is 5.69 Å². The molecular formula is C22H25N3O5S. The second-order valence-electron chi connectivity index (χ2n) is 7.67. The first-order valence-corrected chi connectivity index (χ1v) is 11.8. The molecule has 2 heterocycles. The standard InChI is InChI=1S/C22H25N3O5S/c1-3-24(17-8-6-7-16(2)13-17)21(26)15-25-19-10-9-18(14-20(19)30-22(25)27)31(28,29)23-11-4-5-12-23/h6-10,13-14H,3-5,11-12,15H2,1-2H3. The number of carbonyl (C=O) groups is 1. The number of amides is 1. The number of aryl methyl sites for hydroxylation is 1. The van der Waals surface area contributed by atoms with Crippen LogP contribution in [0.2, 0.25) is 0 Å². The van der Waals surface area contributed by atoms with E-state index in [4.69, 9.17) is 4.42 Å². The van der Waals surface area contributed by atoms with Crippen LogP contribution in [0, 0.1) is 6.92 Å². The van der Waals surface area contributed by atoms with Gasteiger partial charge in [-0.1, -0.05) is 12.1 Å². The minimum absolute atomic E-state index is 0.0871. The van der Waals surface area contributed by atoms with Crippen LogP contribution < -0.4 is 10.7 Å². The zero-order valence-corrected chi connectivity index (χ0v) is 18.4. The number of nitrogens with zero attached hydrogens (tertiary/aromatic N) is 3. The number of rotatable bonds is 6. The molecule has 0 aliphatic carbocycles. The maximum absolute atomic E-state index is 13.0. The molecule has 9 heteroatoms. The van der Waals surface area contributed by atoms with Gasteiger partial charge in [0.15, 0.2) is 5.58 Å². The Morgan fingerprint density at radius 2 is 1.87 bits per heavy atom. The Bertz CT molecular complexity index is 1290. The molecule has 8 nitrogen and oxygen atoms in total. The van der Waals surface area contributed by atoms with Crippen molar-refractivity contribution < 1.29 is 17.6 Å². The highest BCUT2D eigenvalue weighted by molar-refractivity contribution is 7.89. The van der Waals surface area contributed by atoms with E-state index in [1.165, 1.54) is 27.1 Å². The van der Waals surface area contributed by atoms with E-state index in [0.29, 0.717) is 25.2 Å². The predicted octanol–water partition coefficient (Wildman–Crippen LogP) is 2.74. The van der Waals surface area contributed by atoms with E-state index < -0.39 is 15.8 Å². The number of fused-ring (bicyclic) bond motifs is 1. The van der Waals surface area contributed by atoms with Gasteiger partial charge in [-0.25, -0.2) is 13.2 Å². The van der Waals surface area contributed by atoms with Crippen LogP contribution in [0.15, 0.2) is 56.6 Å². The fourth-order valence-corrected chi connectivity index (χ4v) is 5.49. The Labute approximate surface area is 180 Å². The molecule has 31 heavy (non-hydrogen) atoms. The second-order valence-corrected chi connectivity index (χ2v) is 9.61. The molecule has 0 radical (unpaired) electrons. The molecule has 2 aromatic carbocycles. The van der Waals surface area contributed by atoms with E-state index in [1.54, 1.807) is 4.90 Å². The Balaban J connectivity index is 1.65. The van der Waals surface area contributed by atoms with Crippen molar-refractivity contribution in [2.24, 2.45) is 0 Å². The molecule has 1 aromatic heterocycles. The first-order chi connectivity index (χ1) is 14.8. The molecule has 1 aliphatic heterocycles. The highest BCUT2D eigenvalue weighted by Gasteiger charge is 2.28. The third-order valence-electron chi connectivity index (χ3n) is 5.57. The number of carbonyl (C=O) groups excluding carboxylic acids is 1. The van der Waals surface area contributed by atoms with Crippen molar-refractivity contribution in [3.05, 3.63) is 58.6 Å². The molecule has 0 spiro atoms. The van der Waals surface area contributed by atoms with Crippen LogP contribution in [0.3, 0.4) is 0 Å². The van der Waals surface area contributed by atoms with Crippen molar-refractivity contribution in [1.82, 2.24) is 8.87 Å². The van der Waals surface area contributed by atoms with E-state index >= 15 is 0 Å². The number of sulfonamides is 1. The lowest BCUT2D eigenvalue weighted by atomic mass is 10.2. The fraction of sp³-hybridized carbons (Fsp3) is 0.364. The summed E-state index contributed by atoms with van der Waals surface area (Å²) >= 11 is 0. The van der Waals surface area contributed by atoms with Gasteiger partial charge >= 0.3 is 5.76 Å². The maximum atomic E-state index is 13.0. The lowest BCUT2D eigenvalue weighted by Gasteiger charge is -2.21. The summed E-state index contributed by atoms with van der Waals surface area (Å²) < 4.78 is 33.6. The summed E-state index contributed by atoms with van der Waals surface area (Å²) in [7, 11) is -3.63. The molecule has 1 fully saturated rings. The topological polar surface area (TPSA) is 92.8 Å². The molecule has 1 aliphatic rings. The quantitative estimate of drug-likeness (QED) is 0.584. The van der Waals surface area contributed by atoms with Gasteiger partial charge in [-0.2, -0.15) is 4.31 Å². The van der Waals surface area contributed by atoms with Gasteiger partial charge in [-0.05, 0) is 56.5 Å². The average molecular weight is 444 g/mol. The second kappa shape index (κ2) is 8.32. The molecule has 0 N–H and O–H groups in total. The molecule has 1 saturated heterocycles. The monoisotopic (exact) mass is 443 g/mol. The number of hydrogen-bond donors (Lipinski definition) is 0. The van der Waals surface area contributed by atoms with Crippen LogP contribution >= 0.6 is 0 Å². The summed E-state index contributed by atoms with van der Waals surface area (Å²) in [6, 6.07) is 11.9. The number of oxazole rings is 1. The van der Waals surface area contributed by atoms with Gasteiger partial charge in [-0.3, -0.25) is 9.36 Å². The summed E-state index contributed by atoms with van der Waals surface area (Å²) in [6.45, 7) is 5.05. The van der Waals surface area contributed by atoms with E-state index in [-0.39, 0.29) is 22.9 Å². The maximum Gasteiger partial charge on any atom is 0.420 e. The Morgan fingerprint density at radius 1 is 1.13 bits per heavy atom. The highest BCUT2D eigenvalue weighted by Crippen LogP contribution is 2.24. The van der Waals surface area contributed by atoms with Gasteiger partial charge in [0.05, 0.1) is 10.4 Å². The summed E-state index contributed by atoms with van der Waals surface area (Å²) in [5, 5.41) is 0. The third kappa shape index (κ3) is 4.03. The summed E-state index contributed by atoms with van der Waals surface area (Å²) in [5.74, 6) is -0.953. The first-order valence-electron chi connectivity index (χ1n) is 10.3. The van der Waals surface area contributed by atoms with Crippen LogP contribution in [0.25, 0.3) is 11.1 Å². The van der Waals surface area contributed by atoms with E-state index in [1.807, 2.05) is 38.1 Å². The smallest absolute Gasteiger partial charge is 0.408 e. The summed E-state index contributed by atoms with van der Waals surface area (Å²) in [5.41, 5.74) is 2.32. The minimum atomic E-state index is -3.63. The Morgan fingerprint density at radius 3 is 2.55 bits per heavy atom. The number of aromatic nitrogens is 1. The number of likely N-dealkylation sites (N-methyl/N-ethyl adjacent to an activating group) is 1. The van der Waals surface area contributed by atoms with Crippen LogP contribution in [0.5, 0.6) is 0 Å². The number of anilines is 1. The van der Waals surface area contributed by atoms with Crippen LogP contribution in [-0.4, -0.2) is 42.8 Å². The fourth-order valence-electron chi connectivity index (χ4n) is 3.95. The van der Waals surface area contributed by atoms with Crippen molar-refractivity contribution >= 4 is 32.7 Å². The van der Waals surface area contributed by atoms with E-state index in [0.717, 1.165) is 24.1 Å². The van der Waals surface area contributed by atoms with Crippen molar-refractivity contribution in [3.63, 3.8) is 0 Å². The molecule has 3 aromatic rings. The first kappa shape index (κ1) is 21.3. The predicted molar refractivity (Wildman–Crippen MR) is 118 cm³/mol. The van der Waals surface area contributed by atoms with Gasteiger partial charge in [0.2, 0.25) is 15.9 Å². The van der Waals surface area contributed by atoms with Gasteiger partial charge < -0.3 is 9.32 Å². The molecule has 0 bridgehead atoms. The Kier molecular flexibility index (Phi) is 5.72. The van der Waals surface area contributed by atoms with Crippen molar-refractivity contribution in [2.75, 3.05) is 24.5 Å². The van der Waals surface area contributed by atoms with E-state index in [2.05, 4.69) is 0 Å². The SMILES string of the molecule is CCN(C(=O)Cn1c(=O)oc2cc(S(=O)(=O)N3CCCC3)ccc21)c1cccc(C)c1. The normalized spacial score (nSPS) is 14.9. The summed E-state index contributed by atoms with van der Waals surface area (Å²) in [6.07, 6.45) is 1.67. The van der Waals surface area contributed by atoms with Crippen molar-refractivity contribution in [3.8, 4) is 0 Å². The lowest BCUT2D eigenvalue weighted by molar-refractivity contribution is -0.119. The molecule has 1 amide bonds. The van der Waals surface area contributed by atoms with Crippen LogP contribution in [-0.2, 0) is 21.4 Å². The molecule has 164 valence electrons. The molecule has 4 rings (SSSR count). The molecule has 0 atom stereocenters. The van der Waals surface area contributed by atoms with Gasteiger partial charge in [0, 0.05) is 31.4 Å². The average Bonchev–Trinajstić information content (AvgIpc) is 3.37. The molecule has 0 saturated carbocycles. The minimum Gasteiger partial charge on any atom is -0.408 e. The molecule has 0 unspecified atom stereocenters. The Hall–Kier alpha value is -2.91. The van der Waals surface area contributed by atoms with E-state index in [9.17, 15) is 18.0 Å². The van der Waals surface area contributed by atoms with Crippen molar-refractivity contribution in [2.45, 2.75) is 38.1 Å². The summed E-state index contributed by atoms with van der Waals surface area (Å²) in [4.78, 5) is 27.1. The number of hydrogen-bond acceptors (Lipinski definition) is 5. The third-order valence-corrected chi connectivity index (χ3v) is 7.46. The van der Waals surface area contributed by atoms with Crippen molar-refractivity contribution in [1.29, 1.82) is 0 Å².